The summed E-state index contributed by atoms with van der Waals surface area (Å²) in [6.07, 6.45) is 1.67. The van der Waals surface area contributed by atoms with E-state index in [9.17, 15) is 4.79 Å². The summed E-state index contributed by atoms with van der Waals surface area (Å²) in [6, 6.07) is 12.1. The van der Waals surface area contributed by atoms with Crippen LogP contribution in [0.2, 0.25) is 0 Å². The molecule has 0 spiro atoms. The van der Waals surface area contributed by atoms with Crippen LogP contribution in [0.4, 0.5) is 0 Å². The highest BCUT2D eigenvalue weighted by Gasteiger charge is 2.11. The largest absolute Gasteiger partial charge is 0.488 e. The second kappa shape index (κ2) is 4.95. The third-order valence-corrected chi connectivity index (χ3v) is 3.10. The number of aromatic nitrogens is 3. The van der Waals surface area contributed by atoms with Gasteiger partial charge in [0.15, 0.2) is 5.65 Å². The first kappa shape index (κ1) is 12.6. The summed E-state index contributed by atoms with van der Waals surface area (Å²) in [6.45, 7) is 0.336. The molecule has 2 aromatic heterocycles. The van der Waals surface area contributed by atoms with Crippen molar-refractivity contribution in [2.24, 2.45) is 0 Å². The molecule has 7 heteroatoms. The van der Waals surface area contributed by atoms with Crippen LogP contribution in [0, 0.1) is 0 Å². The number of hydrogen-bond acceptors (Lipinski definition) is 4. The lowest BCUT2D eigenvalue weighted by Crippen LogP contribution is -2.29. The van der Waals surface area contributed by atoms with E-state index >= 15 is 0 Å². The molecule has 0 amide bonds. The van der Waals surface area contributed by atoms with Crippen LogP contribution in [0.15, 0.2) is 53.5 Å². The Morgan fingerprint density at radius 2 is 1.85 bits per heavy atom. The van der Waals surface area contributed by atoms with Crippen LogP contribution in [0.3, 0.4) is 0 Å². The fourth-order valence-electron chi connectivity index (χ4n) is 2.04. The number of rotatable bonds is 3. The highest BCUT2D eigenvalue weighted by molar-refractivity contribution is 6.58. The summed E-state index contributed by atoms with van der Waals surface area (Å²) in [4.78, 5) is 12.1. The van der Waals surface area contributed by atoms with E-state index in [0.717, 1.165) is 5.56 Å². The van der Waals surface area contributed by atoms with Crippen molar-refractivity contribution in [1.82, 2.24) is 14.2 Å². The van der Waals surface area contributed by atoms with E-state index in [1.54, 1.807) is 42.6 Å². The summed E-state index contributed by atoms with van der Waals surface area (Å²) in [5, 5.41) is 22.3. The van der Waals surface area contributed by atoms with Crippen molar-refractivity contribution in [2.45, 2.75) is 6.54 Å². The lowest BCUT2D eigenvalue weighted by atomic mass is 9.80. The molecule has 20 heavy (non-hydrogen) atoms. The Hall–Kier alpha value is -2.38. The standard InChI is InChI=1S/C13H12BN3O3/c18-13-16-8-2-1-3-12(16)15-17(13)9-10-4-6-11(7-5-10)14(19)20/h1-8,19-20H,9H2. The van der Waals surface area contributed by atoms with Gasteiger partial charge in [0, 0.05) is 6.20 Å². The van der Waals surface area contributed by atoms with Gasteiger partial charge >= 0.3 is 12.8 Å². The van der Waals surface area contributed by atoms with Gasteiger partial charge in [0.2, 0.25) is 0 Å². The zero-order valence-electron chi connectivity index (χ0n) is 10.5. The summed E-state index contributed by atoms with van der Waals surface area (Å²) in [7, 11) is -1.48. The molecule has 0 fully saturated rings. The topological polar surface area (TPSA) is 79.8 Å². The molecule has 2 heterocycles. The van der Waals surface area contributed by atoms with Crippen molar-refractivity contribution >= 4 is 18.2 Å². The Bertz CT molecular complexity index is 792. The van der Waals surface area contributed by atoms with Gasteiger partial charge in [-0.05, 0) is 23.2 Å². The quantitative estimate of drug-likeness (QED) is 0.611. The smallest absolute Gasteiger partial charge is 0.423 e. The highest BCUT2D eigenvalue weighted by atomic mass is 16.4. The molecule has 1 aromatic carbocycles. The van der Waals surface area contributed by atoms with Gasteiger partial charge in [-0.2, -0.15) is 0 Å². The molecule has 0 aliphatic carbocycles. The average molecular weight is 269 g/mol. The molecule has 3 aromatic rings. The van der Waals surface area contributed by atoms with Crippen molar-refractivity contribution in [3.8, 4) is 0 Å². The lowest BCUT2D eigenvalue weighted by molar-refractivity contribution is 0.426. The van der Waals surface area contributed by atoms with Crippen LogP contribution in [0.25, 0.3) is 5.65 Å². The first-order valence-corrected chi connectivity index (χ1v) is 6.14. The van der Waals surface area contributed by atoms with Gasteiger partial charge in [-0.1, -0.05) is 30.3 Å². The van der Waals surface area contributed by atoms with Crippen molar-refractivity contribution in [3.63, 3.8) is 0 Å². The Balaban J connectivity index is 1.93. The van der Waals surface area contributed by atoms with Crippen molar-refractivity contribution in [3.05, 3.63) is 64.7 Å². The van der Waals surface area contributed by atoms with E-state index in [1.165, 1.54) is 9.08 Å². The van der Waals surface area contributed by atoms with Crippen molar-refractivity contribution in [1.29, 1.82) is 0 Å². The molecule has 0 saturated carbocycles. The fourth-order valence-corrected chi connectivity index (χ4v) is 2.04. The average Bonchev–Trinajstić information content (AvgIpc) is 2.77. The van der Waals surface area contributed by atoms with E-state index in [2.05, 4.69) is 5.10 Å². The van der Waals surface area contributed by atoms with Crippen LogP contribution in [-0.2, 0) is 6.54 Å². The van der Waals surface area contributed by atoms with E-state index in [-0.39, 0.29) is 5.69 Å². The molecule has 0 radical (unpaired) electrons. The molecule has 0 atom stereocenters. The minimum absolute atomic E-state index is 0.202. The van der Waals surface area contributed by atoms with Crippen molar-refractivity contribution < 1.29 is 10.0 Å². The maximum atomic E-state index is 12.1. The number of pyridine rings is 1. The monoisotopic (exact) mass is 269 g/mol. The Kier molecular flexibility index (Phi) is 3.13. The predicted molar refractivity (Wildman–Crippen MR) is 74.8 cm³/mol. The molecular formula is C13H12BN3O3. The summed E-state index contributed by atoms with van der Waals surface area (Å²) in [5.74, 6) is 0. The van der Waals surface area contributed by atoms with Crippen LogP contribution < -0.4 is 11.2 Å². The molecule has 0 unspecified atom stereocenters. The second-order valence-electron chi connectivity index (χ2n) is 4.48. The lowest BCUT2D eigenvalue weighted by Gasteiger charge is -2.02. The van der Waals surface area contributed by atoms with Gasteiger partial charge in [0.1, 0.15) is 0 Å². The predicted octanol–water partition coefficient (Wildman–Crippen LogP) is -0.776. The SMILES string of the molecule is O=c1n(Cc2ccc(B(O)O)cc2)nc2ccccn12. The van der Waals surface area contributed by atoms with Crippen LogP contribution in [0.5, 0.6) is 0 Å². The van der Waals surface area contributed by atoms with E-state index in [1.807, 2.05) is 6.07 Å². The molecule has 100 valence electrons. The van der Waals surface area contributed by atoms with Gasteiger partial charge < -0.3 is 10.0 Å². The maximum absolute atomic E-state index is 12.1. The van der Waals surface area contributed by atoms with Gasteiger partial charge in [0.25, 0.3) is 0 Å². The van der Waals surface area contributed by atoms with Gasteiger partial charge in [-0.3, -0.25) is 4.40 Å². The summed E-state index contributed by atoms with van der Waals surface area (Å²) in [5.41, 5.74) is 1.67. The van der Waals surface area contributed by atoms with Gasteiger partial charge in [-0.15, -0.1) is 5.10 Å². The fraction of sp³-hybridized carbons (Fsp3) is 0.0769. The summed E-state index contributed by atoms with van der Waals surface area (Å²) >= 11 is 0. The van der Waals surface area contributed by atoms with Gasteiger partial charge in [-0.25, -0.2) is 9.48 Å². The Labute approximate surface area is 114 Å². The minimum atomic E-state index is -1.48. The molecule has 0 saturated heterocycles. The first-order chi connectivity index (χ1) is 9.65. The van der Waals surface area contributed by atoms with E-state index in [4.69, 9.17) is 10.0 Å². The van der Waals surface area contributed by atoms with E-state index in [0.29, 0.717) is 17.7 Å². The molecule has 0 bridgehead atoms. The van der Waals surface area contributed by atoms with Crippen molar-refractivity contribution in [2.75, 3.05) is 0 Å². The molecule has 0 aliphatic rings. The highest BCUT2D eigenvalue weighted by Crippen LogP contribution is 2.01. The molecule has 0 aliphatic heterocycles. The Morgan fingerprint density at radius 3 is 2.50 bits per heavy atom. The molecular weight excluding hydrogens is 257 g/mol. The maximum Gasteiger partial charge on any atom is 0.488 e. The Morgan fingerprint density at radius 1 is 1.10 bits per heavy atom. The normalized spacial score (nSPS) is 10.9. The molecule has 2 N–H and O–H groups in total. The van der Waals surface area contributed by atoms with E-state index < -0.39 is 7.12 Å². The van der Waals surface area contributed by atoms with Crippen LogP contribution in [0.1, 0.15) is 5.56 Å². The number of nitrogens with zero attached hydrogens (tertiary/aromatic N) is 3. The number of hydrogen-bond donors (Lipinski definition) is 2. The number of fused-ring (bicyclic) bond motifs is 1. The van der Waals surface area contributed by atoms with Gasteiger partial charge in [0.05, 0.1) is 6.54 Å². The van der Waals surface area contributed by atoms with Crippen LogP contribution in [-0.4, -0.2) is 31.3 Å². The zero-order valence-corrected chi connectivity index (χ0v) is 10.5. The third-order valence-electron chi connectivity index (χ3n) is 3.10. The molecule has 3 rings (SSSR count). The summed E-state index contributed by atoms with van der Waals surface area (Å²) < 4.78 is 2.85. The third kappa shape index (κ3) is 2.24. The second-order valence-corrected chi connectivity index (χ2v) is 4.48. The first-order valence-electron chi connectivity index (χ1n) is 6.14. The van der Waals surface area contributed by atoms with Crippen LogP contribution >= 0.6 is 0 Å². The number of benzene rings is 1. The zero-order chi connectivity index (χ0) is 14.1. The molecule has 6 nitrogen and oxygen atoms in total. The minimum Gasteiger partial charge on any atom is -0.423 e.